The summed E-state index contributed by atoms with van der Waals surface area (Å²) in [4.78, 5) is 15.9. The molecule has 2 N–H and O–H groups in total. The van der Waals surface area contributed by atoms with Crippen molar-refractivity contribution in [1.29, 1.82) is 0 Å². The summed E-state index contributed by atoms with van der Waals surface area (Å²) in [5, 5.41) is 8.51. The van der Waals surface area contributed by atoms with Gasteiger partial charge in [-0.3, -0.25) is 4.79 Å². The lowest BCUT2D eigenvalue weighted by atomic mass is 9.95. The number of nitrogens with two attached hydrogens (primary N) is 1. The number of carbonyl (C=O) groups is 1. The normalized spacial score (nSPS) is 17.6. The predicted octanol–water partition coefficient (Wildman–Crippen LogP) is 1.89. The first-order valence-electron chi connectivity index (χ1n) is 7.75. The Kier molecular flexibility index (Phi) is 6.12. The molecule has 1 aromatic carbocycles. The Bertz CT molecular complexity index is 628. The highest BCUT2D eigenvalue weighted by atomic mass is 35.5. The van der Waals surface area contributed by atoms with Crippen molar-refractivity contribution in [3.05, 3.63) is 42.2 Å². The Labute approximate surface area is 142 Å². The van der Waals surface area contributed by atoms with Gasteiger partial charge >= 0.3 is 0 Å². The summed E-state index contributed by atoms with van der Waals surface area (Å²) in [5.41, 5.74) is 6.88. The summed E-state index contributed by atoms with van der Waals surface area (Å²) in [5.74, 6) is 0.468. The van der Waals surface area contributed by atoms with Crippen molar-refractivity contribution in [3.63, 3.8) is 0 Å². The SMILES string of the molecule is Cl.NCCC1CCCN(C(=O)c2cnn(-c3ccccc3)n2)C1. The fourth-order valence-corrected chi connectivity index (χ4v) is 2.93. The number of rotatable bonds is 4. The number of benzene rings is 1. The molecule has 0 bridgehead atoms. The zero-order chi connectivity index (χ0) is 15.4. The van der Waals surface area contributed by atoms with Gasteiger partial charge in [-0.05, 0) is 43.9 Å². The third-order valence-electron chi connectivity index (χ3n) is 4.08. The lowest BCUT2D eigenvalue weighted by Gasteiger charge is -2.32. The number of hydrogen-bond donors (Lipinski definition) is 1. The quantitative estimate of drug-likeness (QED) is 0.925. The second-order valence-corrected chi connectivity index (χ2v) is 5.69. The third kappa shape index (κ3) is 4.09. The molecule has 2 aromatic rings. The third-order valence-corrected chi connectivity index (χ3v) is 4.08. The molecule has 1 saturated heterocycles. The summed E-state index contributed by atoms with van der Waals surface area (Å²) in [6.07, 6.45) is 4.70. The number of carbonyl (C=O) groups excluding carboxylic acids is 1. The van der Waals surface area contributed by atoms with Gasteiger partial charge in [0.15, 0.2) is 5.69 Å². The maximum Gasteiger partial charge on any atom is 0.276 e. The second kappa shape index (κ2) is 8.08. The Morgan fingerprint density at radius 3 is 2.83 bits per heavy atom. The van der Waals surface area contributed by atoms with Gasteiger partial charge in [-0.2, -0.15) is 9.90 Å². The minimum Gasteiger partial charge on any atom is -0.337 e. The molecule has 0 aliphatic carbocycles. The molecule has 23 heavy (non-hydrogen) atoms. The highest BCUT2D eigenvalue weighted by Crippen LogP contribution is 2.20. The van der Waals surface area contributed by atoms with E-state index in [4.69, 9.17) is 5.73 Å². The van der Waals surface area contributed by atoms with Crippen molar-refractivity contribution in [3.8, 4) is 5.69 Å². The van der Waals surface area contributed by atoms with E-state index < -0.39 is 0 Å². The molecule has 7 heteroatoms. The van der Waals surface area contributed by atoms with Crippen LogP contribution in [0.15, 0.2) is 36.5 Å². The molecule has 1 aliphatic heterocycles. The van der Waals surface area contributed by atoms with Crippen LogP contribution in [-0.4, -0.2) is 45.4 Å². The molecular weight excluding hydrogens is 314 g/mol. The van der Waals surface area contributed by atoms with E-state index in [9.17, 15) is 4.79 Å². The number of likely N-dealkylation sites (tertiary alicyclic amines) is 1. The number of para-hydroxylation sites is 1. The maximum absolute atomic E-state index is 12.6. The van der Waals surface area contributed by atoms with Crippen molar-refractivity contribution >= 4 is 18.3 Å². The van der Waals surface area contributed by atoms with Crippen LogP contribution in [0.3, 0.4) is 0 Å². The first-order valence-corrected chi connectivity index (χ1v) is 7.75. The Morgan fingerprint density at radius 2 is 2.09 bits per heavy atom. The van der Waals surface area contributed by atoms with E-state index in [1.54, 1.807) is 6.20 Å². The molecule has 1 aromatic heterocycles. The lowest BCUT2D eigenvalue weighted by Crippen LogP contribution is -2.40. The standard InChI is InChI=1S/C16H21N5O.ClH/c17-9-8-13-5-4-10-20(12-13)16(22)15-11-18-21(19-15)14-6-2-1-3-7-14;/h1-3,6-7,11,13H,4-5,8-10,12,17H2;1H. The summed E-state index contributed by atoms with van der Waals surface area (Å²) in [7, 11) is 0. The van der Waals surface area contributed by atoms with Crippen LogP contribution in [0.4, 0.5) is 0 Å². The van der Waals surface area contributed by atoms with Crippen LogP contribution < -0.4 is 5.73 Å². The van der Waals surface area contributed by atoms with Gasteiger partial charge in [0.25, 0.3) is 5.91 Å². The second-order valence-electron chi connectivity index (χ2n) is 5.69. The molecule has 124 valence electrons. The molecule has 1 unspecified atom stereocenters. The number of piperidine rings is 1. The fourth-order valence-electron chi connectivity index (χ4n) is 2.93. The van der Waals surface area contributed by atoms with Gasteiger partial charge in [0, 0.05) is 13.1 Å². The highest BCUT2D eigenvalue weighted by molar-refractivity contribution is 5.92. The lowest BCUT2D eigenvalue weighted by molar-refractivity contribution is 0.0663. The average Bonchev–Trinajstić information content (AvgIpc) is 3.05. The van der Waals surface area contributed by atoms with E-state index in [0.29, 0.717) is 18.2 Å². The van der Waals surface area contributed by atoms with Crippen LogP contribution in [0.1, 0.15) is 29.8 Å². The molecule has 1 aliphatic rings. The van der Waals surface area contributed by atoms with E-state index in [2.05, 4.69) is 10.2 Å². The molecule has 2 heterocycles. The first kappa shape index (κ1) is 17.4. The van der Waals surface area contributed by atoms with Crippen LogP contribution in [-0.2, 0) is 0 Å². The number of aromatic nitrogens is 3. The van der Waals surface area contributed by atoms with Crippen LogP contribution in [0.25, 0.3) is 5.69 Å². The van der Waals surface area contributed by atoms with Crippen LogP contribution in [0.2, 0.25) is 0 Å². The van der Waals surface area contributed by atoms with Crippen LogP contribution >= 0.6 is 12.4 Å². The van der Waals surface area contributed by atoms with Gasteiger partial charge in [0.05, 0.1) is 11.9 Å². The molecular formula is C16H22ClN5O. The molecule has 6 nitrogen and oxygen atoms in total. The Balaban J connectivity index is 0.00000192. The van der Waals surface area contributed by atoms with Crippen LogP contribution in [0.5, 0.6) is 0 Å². The largest absolute Gasteiger partial charge is 0.337 e. The van der Waals surface area contributed by atoms with Crippen molar-refractivity contribution in [2.75, 3.05) is 19.6 Å². The smallest absolute Gasteiger partial charge is 0.276 e. The van der Waals surface area contributed by atoms with Gasteiger partial charge in [0.2, 0.25) is 0 Å². The van der Waals surface area contributed by atoms with E-state index in [1.807, 2.05) is 35.2 Å². The Morgan fingerprint density at radius 1 is 1.30 bits per heavy atom. The number of hydrogen-bond acceptors (Lipinski definition) is 4. The van der Waals surface area contributed by atoms with E-state index >= 15 is 0 Å². The Hall–Kier alpha value is -1.92. The van der Waals surface area contributed by atoms with Gasteiger partial charge < -0.3 is 10.6 Å². The molecule has 1 fully saturated rings. The number of halogens is 1. The van der Waals surface area contributed by atoms with E-state index in [0.717, 1.165) is 38.0 Å². The topological polar surface area (TPSA) is 77.0 Å². The van der Waals surface area contributed by atoms with Crippen LogP contribution in [0, 0.1) is 5.92 Å². The van der Waals surface area contributed by atoms with E-state index in [-0.39, 0.29) is 18.3 Å². The zero-order valence-electron chi connectivity index (χ0n) is 13.0. The molecule has 0 saturated carbocycles. The zero-order valence-corrected chi connectivity index (χ0v) is 13.8. The predicted molar refractivity (Wildman–Crippen MR) is 90.9 cm³/mol. The van der Waals surface area contributed by atoms with Crippen molar-refractivity contribution in [1.82, 2.24) is 19.9 Å². The number of amides is 1. The molecule has 0 radical (unpaired) electrons. The molecule has 0 spiro atoms. The summed E-state index contributed by atoms with van der Waals surface area (Å²) in [6.45, 7) is 2.24. The highest BCUT2D eigenvalue weighted by Gasteiger charge is 2.25. The number of nitrogens with zero attached hydrogens (tertiary/aromatic N) is 4. The van der Waals surface area contributed by atoms with Gasteiger partial charge in [-0.15, -0.1) is 17.5 Å². The van der Waals surface area contributed by atoms with Crippen molar-refractivity contribution in [2.24, 2.45) is 11.7 Å². The van der Waals surface area contributed by atoms with Gasteiger partial charge in [-0.25, -0.2) is 0 Å². The molecule has 1 atom stereocenters. The minimum absolute atomic E-state index is 0. The maximum atomic E-state index is 12.6. The van der Waals surface area contributed by atoms with Crippen molar-refractivity contribution in [2.45, 2.75) is 19.3 Å². The molecule has 1 amide bonds. The monoisotopic (exact) mass is 335 g/mol. The minimum atomic E-state index is -0.0381. The average molecular weight is 336 g/mol. The molecule has 3 rings (SSSR count). The van der Waals surface area contributed by atoms with Crippen molar-refractivity contribution < 1.29 is 4.79 Å². The van der Waals surface area contributed by atoms with Gasteiger partial charge in [-0.1, -0.05) is 18.2 Å². The summed E-state index contributed by atoms with van der Waals surface area (Å²) in [6, 6.07) is 9.59. The van der Waals surface area contributed by atoms with E-state index in [1.165, 1.54) is 4.80 Å². The fraction of sp³-hybridized carbons (Fsp3) is 0.438. The van der Waals surface area contributed by atoms with Gasteiger partial charge in [0.1, 0.15) is 0 Å². The summed E-state index contributed by atoms with van der Waals surface area (Å²) < 4.78 is 0. The summed E-state index contributed by atoms with van der Waals surface area (Å²) >= 11 is 0. The first-order chi connectivity index (χ1) is 10.8.